The summed E-state index contributed by atoms with van der Waals surface area (Å²) in [6, 6.07) is 5.57. The van der Waals surface area contributed by atoms with Gasteiger partial charge in [-0.2, -0.15) is 0 Å². The lowest BCUT2D eigenvalue weighted by molar-refractivity contribution is -0.119. The Morgan fingerprint density at radius 3 is 2.48 bits per heavy atom. The molecule has 0 saturated heterocycles. The van der Waals surface area contributed by atoms with Gasteiger partial charge in [-0.05, 0) is 39.0 Å². The molecule has 0 atom stereocenters. The van der Waals surface area contributed by atoms with Gasteiger partial charge in [-0.15, -0.1) is 10.2 Å². The third-order valence-electron chi connectivity index (χ3n) is 3.32. The van der Waals surface area contributed by atoms with E-state index >= 15 is 0 Å². The van der Waals surface area contributed by atoms with Gasteiger partial charge < -0.3 is 19.4 Å². The van der Waals surface area contributed by atoms with Gasteiger partial charge in [0, 0.05) is 18.2 Å². The van der Waals surface area contributed by atoms with Crippen molar-refractivity contribution >= 4 is 17.7 Å². The smallest absolute Gasteiger partial charge is 0.230 e. The number of carbonyl (C=O) groups excluding carboxylic acids is 1. The number of nitrogens with one attached hydrogen (secondary N) is 1. The summed E-state index contributed by atoms with van der Waals surface area (Å²) in [5.74, 6) is 2.23. The molecule has 2 rings (SSSR count). The van der Waals surface area contributed by atoms with Gasteiger partial charge in [0.1, 0.15) is 0 Å². The van der Waals surface area contributed by atoms with E-state index in [4.69, 9.17) is 9.47 Å². The van der Waals surface area contributed by atoms with Crippen LogP contribution in [-0.2, 0) is 11.8 Å². The number of hydrogen-bond donors (Lipinski definition) is 1. The van der Waals surface area contributed by atoms with Crippen LogP contribution in [0.5, 0.6) is 11.5 Å². The molecule has 7 nitrogen and oxygen atoms in total. The van der Waals surface area contributed by atoms with E-state index in [0.29, 0.717) is 22.5 Å². The third kappa shape index (κ3) is 4.88. The first kappa shape index (κ1) is 19.1. The Labute approximate surface area is 152 Å². The van der Waals surface area contributed by atoms with Crippen molar-refractivity contribution in [1.82, 2.24) is 20.1 Å². The third-order valence-corrected chi connectivity index (χ3v) is 4.34. The van der Waals surface area contributed by atoms with Gasteiger partial charge in [-0.1, -0.05) is 11.8 Å². The van der Waals surface area contributed by atoms with E-state index in [1.54, 1.807) is 14.2 Å². The van der Waals surface area contributed by atoms with Crippen LogP contribution < -0.4 is 14.8 Å². The molecule has 1 aromatic carbocycles. The van der Waals surface area contributed by atoms with E-state index < -0.39 is 0 Å². The average Bonchev–Trinajstić information content (AvgIpc) is 2.91. The molecule has 0 saturated carbocycles. The zero-order chi connectivity index (χ0) is 18.6. The van der Waals surface area contributed by atoms with Crippen LogP contribution in [-0.4, -0.2) is 46.2 Å². The molecule has 1 N–H and O–H groups in total. The summed E-state index contributed by atoms with van der Waals surface area (Å²) in [6.07, 6.45) is 0. The first-order valence-electron chi connectivity index (χ1n) is 7.80. The fourth-order valence-corrected chi connectivity index (χ4v) is 2.96. The maximum Gasteiger partial charge on any atom is 0.230 e. The average molecular weight is 364 g/mol. The van der Waals surface area contributed by atoms with Gasteiger partial charge in [0.15, 0.2) is 22.5 Å². The van der Waals surface area contributed by atoms with E-state index in [0.717, 1.165) is 5.56 Å². The van der Waals surface area contributed by atoms with E-state index in [1.165, 1.54) is 11.8 Å². The predicted octanol–water partition coefficient (Wildman–Crippen LogP) is 2.51. The summed E-state index contributed by atoms with van der Waals surface area (Å²) in [5.41, 5.74) is 0.612. The summed E-state index contributed by atoms with van der Waals surface area (Å²) in [6.45, 7) is 5.85. The summed E-state index contributed by atoms with van der Waals surface area (Å²) in [5, 5.41) is 12.0. The number of amides is 1. The number of aromatic nitrogens is 3. The summed E-state index contributed by atoms with van der Waals surface area (Å²) in [7, 11) is 5.06. The summed E-state index contributed by atoms with van der Waals surface area (Å²) >= 11 is 1.35. The number of rotatable bonds is 6. The minimum Gasteiger partial charge on any atom is -0.493 e. The number of thioether (sulfide) groups is 1. The number of methoxy groups -OCH3 is 2. The molecule has 0 spiro atoms. The molecule has 2 aromatic rings. The minimum absolute atomic E-state index is 0.0341. The van der Waals surface area contributed by atoms with Gasteiger partial charge in [0.25, 0.3) is 0 Å². The van der Waals surface area contributed by atoms with Crippen molar-refractivity contribution in [1.29, 1.82) is 0 Å². The lowest BCUT2D eigenvalue weighted by Crippen LogP contribution is -2.41. The lowest BCUT2D eigenvalue weighted by Gasteiger charge is -2.20. The summed E-state index contributed by atoms with van der Waals surface area (Å²) in [4.78, 5) is 12.0. The molecule has 25 heavy (non-hydrogen) atoms. The number of nitrogens with zero attached hydrogens (tertiary/aromatic N) is 3. The number of hydrogen-bond acceptors (Lipinski definition) is 6. The van der Waals surface area contributed by atoms with Gasteiger partial charge in [-0.25, -0.2) is 0 Å². The van der Waals surface area contributed by atoms with E-state index in [2.05, 4.69) is 15.5 Å². The van der Waals surface area contributed by atoms with Crippen molar-refractivity contribution in [3.8, 4) is 22.9 Å². The Hall–Kier alpha value is -2.22. The molecule has 1 aromatic heterocycles. The Morgan fingerprint density at radius 2 is 1.88 bits per heavy atom. The molecule has 8 heteroatoms. The molecule has 0 unspecified atom stereocenters. The van der Waals surface area contributed by atoms with E-state index in [-0.39, 0.29) is 17.2 Å². The minimum atomic E-state index is -0.248. The van der Waals surface area contributed by atoms with E-state index in [9.17, 15) is 4.79 Å². The Kier molecular flexibility index (Phi) is 5.94. The number of benzene rings is 1. The largest absolute Gasteiger partial charge is 0.493 e. The molecule has 1 amide bonds. The van der Waals surface area contributed by atoms with Gasteiger partial charge in [0.05, 0.1) is 20.0 Å². The van der Waals surface area contributed by atoms with Crippen LogP contribution in [0.3, 0.4) is 0 Å². The maximum absolute atomic E-state index is 12.0. The van der Waals surface area contributed by atoms with Gasteiger partial charge in [0.2, 0.25) is 5.91 Å². The fraction of sp³-hybridized carbons (Fsp3) is 0.471. The molecular formula is C17H24N4O3S. The maximum atomic E-state index is 12.0. The van der Waals surface area contributed by atoms with Crippen molar-refractivity contribution in [2.75, 3.05) is 20.0 Å². The van der Waals surface area contributed by atoms with Crippen LogP contribution in [0, 0.1) is 0 Å². The van der Waals surface area contributed by atoms with Crippen molar-refractivity contribution < 1.29 is 14.3 Å². The predicted molar refractivity (Wildman–Crippen MR) is 98.2 cm³/mol. The van der Waals surface area contributed by atoms with Crippen LogP contribution in [0.25, 0.3) is 11.4 Å². The second-order valence-electron chi connectivity index (χ2n) is 6.52. The molecular weight excluding hydrogens is 340 g/mol. The molecule has 0 aliphatic carbocycles. The van der Waals surface area contributed by atoms with Crippen LogP contribution in [0.2, 0.25) is 0 Å². The highest BCUT2D eigenvalue weighted by molar-refractivity contribution is 7.99. The zero-order valence-electron chi connectivity index (χ0n) is 15.4. The van der Waals surface area contributed by atoms with E-state index in [1.807, 2.05) is 50.6 Å². The zero-order valence-corrected chi connectivity index (χ0v) is 16.2. The summed E-state index contributed by atoms with van der Waals surface area (Å²) < 4.78 is 12.4. The SMILES string of the molecule is COc1ccc(-c2nnc(SCC(=O)NC(C)(C)C)n2C)cc1OC. The Morgan fingerprint density at radius 1 is 1.20 bits per heavy atom. The molecule has 0 aliphatic heterocycles. The highest BCUT2D eigenvalue weighted by atomic mass is 32.2. The van der Waals surface area contributed by atoms with Crippen LogP contribution in [0.1, 0.15) is 20.8 Å². The highest BCUT2D eigenvalue weighted by Gasteiger charge is 2.17. The standard InChI is InChI=1S/C17H24N4O3S/c1-17(2,3)18-14(22)10-25-16-20-19-15(21(16)4)11-7-8-12(23-5)13(9-11)24-6/h7-9H,10H2,1-6H3,(H,18,22). The fourth-order valence-electron chi connectivity index (χ4n) is 2.25. The molecule has 1 heterocycles. The molecule has 0 bridgehead atoms. The van der Waals surface area contributed by atoms with Crippen molar-refractivity contribution in [3.63, 3.8) is 0 Å². The molecule has 0 fully saturated rings. The van der Waals surface area contributed by atoms with Crippen LogP contribution >= 0.6 is 11.8 Å². The first-order chi connectivity index (χ1) is 11.7. The van der Waals surface area contributed by atoms with Crippen molar-refractivity contribution in [2.45, 2.75) is 31.5 Å². The second-order valence-corrected chi connectivity index (χ2v) is 7.46. The van der Waals surface area contributed by atoms with Crippen LogP contribution in [0.15, 0.2) is 23.4 Å². The van der Waals surface area contributed by atoms with Crippen LogP contribution in [0.4, 0.5) is 0 Å². The Bertz CT molecular complexity index is 753. The lowest BCUT2D eigenvalue weighted by atomic mass is 10.1. The highest BCUT2D eigenvalue weighted by Crippen LogP contribution is 2.32. The topological polar surface area (TPSA) is 78.3 Å². The number of ether oxygens (including phenoxy) is 2. The normalized spacial score (nSPS) is 11.3. The molecule has 136 valence electrons. The molecule has 0 aliphatic rings. The quantitative estimate of drug-likeness (QED) is 0.794. The van der Waals surface area contributed by atoms with Gasteiger partial charge in [-0.3, -0.25) is 4.79 Å². The monoisotopic (exact) mass is 364 g/mol. The number of carbonyl (C=O) groups is 1. The molecule has 0 radical (unpaired) electrons. The second kappa shape index (κ2) is 7.77. The first-order valence-corrected chi connectivity index (χ1v) is 8.79. The Balaban J connectivity index is 2.14. The van der Waals surface area contributed by atoms with Crippen molar-refractivity contribution in [3.05, 3.63) is 18.2 Å². The van der Waals surface area contributed by atoms with Crippen molar-refractivity contribution in [2.24, 2.45) is 7.05 Å². The van der Waals surface area contributed by atoms with Gasteiger partial charge >= 0.3 is 0 Å².